The van der Waals surface area contributed by atoms with Gasteiger partial charge in [0.05, 0.1) is 4.43 Å². The van der Waals surface area contributed by atoms with Crippen LogP contribution >= 0.6 is 45.0 Å². The van der Waals surface area contributed by atoms with Crippen molar-refractivity contribution in [1.82, 2.24) is 4.98 Å². The number of amides is 1. The summed E-state index contributed by atoms with van der Waals surface area (Å²) < 4.78 is 0.414. The van der Waals surface area contributed by atoms with Gasteiger partial charge >= 0.3 is 0 Å². The smallest absolute Gasteiger partial charge is 0.227 e. The zero-order valence-corrected chi connectivity index (χ0v) is 10.6. The maximum Gasteiger partial charge on any atom is 0.227 e. The first-order valence-electron chi connectivity index (χ1n) is 3.27. The van der Waals surface area contributed by atoms with Gasteiger partial charge in [-0.3, -0.25) is 4.79 Å². The van der Waals surface area contributed by atoms with E-state index in [0.29, 0.717) is 4.43 Å². The summed E-state index contributed by atoms with van der Waals surface area (Å²) in [5.41, 5.74) is 4.65. The van der Waals surface area contributed by atoms with Crippen molar-refractivity contribution in [2.24, 2.45) is 5.73 Å². The highest BCUT2D eigenvalue weighted by Gasteiger charge is 1.83. The van der Waals surface area contributed by atoms with Crippen LogP contribution in [0.2, 0.25) is 0 Å². The first-order valence-corrected chi connectivity index (χ1v) is 6.67. The van der Waals surface area contributed by atoms with Gasteiger partial charge in [0.2, 0.25) is 5.91 Å². The molecule has 1 rings (SSSR count). The molecule has 1 aromatic heterocycles. The minimum absolute atomic E-state index is 0.259. The van der Waals surface area contributed by atoms with Crippen LogP contribution in [0.4, 0.5) is 0 Å². The van der Waals surface area contributed by atoms with Gasteiger partial charge in [-0.15, -0.1) is 11.7 Å². The molecule has 0 spiro atoms. The molecule has 1 aromatic rings. The Hall–Kier alpha value is 0.0500. The van der Waals surface area contributed by atoms with E-state index >= 15 is 0 Å². The van der Waals surface area contributed by atoms with E-state index in [9.17, 15) is 4.79 Å². The highest BCUT2D eigenvalue weighted by molar-refractivity contribution is 14.1. The summed E-state index contributed by atoms with van der Waals surface area (Å²) in [6.45, 7) is 0. The number of carbonyl (C=O) groups excluding carboxylic acids is 1. The fourth-order valence-corrected chi connectivity index (χ4v) is 0.973. The van der Waals surface area contributed by atoms with Gasteiger partial charge in [0.15, 0.2) is 0 Å². The highest BCUT2D eigenvalue weighted by Crippen LogP contribution is 2.16. The van der Waals surface area contributed by atoms with Crippen molar-refractivity contribution in [1.29, 1.82) is 0 Å². The van der Waals surface area contributed by atoms with Crippen LogP contribution in [0.3, 0.4) is 0 Å². The Bertz CT molecular complexity index is 246. The molecule has 3 nitrogen and oxygen atoms in total. The van der Waals surface area contributed by atoms with E-state index in [1.165, 1.54) is 10.8 Å². The topological polar surface area (TPSA) is 56.0 Å². The quantitative estimate of drug-likeness (QED) is 0.377. The second kappa shape index (κ2) is 8.64. The molecule has 0 saturated carbocycles. The normalized spacial score (nSPS) is 8.46. The van der Waals surface area contributed by atoms with Crippen LogP contribution in [-0.4, -0.2) is 15.3 Å². The van der Waals surface area contributed by atoms with Gasteiger partial charge in [0.1, 0.15) is 5.03 Å². The fourth-order valence-electron chi connectivity index (χ4n) is 0.401. The molecule has 0 bridgehead atoms. The lowest BCUT2D eigenvalue weighted by Crippen LogP contribution is -2.10. The summed E-state index contributed by atoms with van der Waals surface area (Å²) in [4.78, 5) is 13.6. The van der Waals surface area contributed by atoms with E-state index in [4.69, 9.17) is 0 Å². The van der Waals surface area contributed by atoms with Crippen LogP contribution in [0.5, 0.6) is 0 Å². The molecule has 0 aromatic carbocycles. The first kappa shape index (κ1) is 13.1. The predicted octanol–water partition coefficient (Wildman–Crippen LogP) is 1.93. The summed E-state index contributed by atoms with van der Waals surface area (Å²) in [6, 6.07) is 5.73. The molecule has 1 amide bonds. The SMILES string of the molecule is NC(=O)CI.SSc1ccccn1. The van der Waals surface area contributed by atoms with Crippen molar-refractivity contribution in [2.75, 3.05) is 4.43 Å². The number of hydrogen-bond donors (Lipinski definition) is 2. The van der Waals surface area contributed by atoms with Crippen molar-refractivity contribution in [3.05, 3.63) is 24.4 Å². The molecular weight excluding hydrogens is 319 g/mol. The minimum Gasteiger partial charge on any atom is -0.369 e. The Morgan fingerprint density at radius 3 is 2.54 bits per heavy atom. The molecule has 0 aliphatic heterocycles. The lowest BCUT2D eigenvalue weighted by atomic mass is 10.5. The third kappa shape index (κ3) is 8.38. The standard InChI is InChI=1S/C5H5NS2.C2H4INO/c7-8-5-3-1-2-4-6-5;3-1-2(4)5/h1-4,7H;1H2,(H2,4,5). The molecule has 1 heterocycles. The van der Waals surface area contributed by atoms with E-state index in [1.54, 1.807) is 6.20 Å². The van der Waals surface area contributed by atoms with Crippen molar-refractivity contribution >= 4 is 51.0 Å². The molecule has 0 radical (unpaired) electrons. The van der Waals surface area contributed by atoms with Crippen LogP contribution in [0.25, 0.3) is 0 Å². The van der Waals surface area contributed by atoms with Gasteiger partial charge in [0.25, 0.3) is 0 Å². The molecule has 0 atom stereocenters. The van der Waals surface area contributed by atoms with Crippen molar-refractivity contribution < 1.29 is 4.79 Å². The van der Waals surface area contributed by atoms with Gasteiger partial charge in [-0.25, -0.2) is 4.98 Å². The van der Waals surface area contributed by atoms with Crippen molar-refractivity contribution in [3.8, 4) is 0 Å². The molecule has 2 N–H and O–H groups in total. The Labute approximate surface area is 99.8 Å². The molecule has 6 heteroatoms. The van der Waals surface area contributed by atoms with E-state index in [1.807, 2.05) is 40.8 Å². The Kier molecular flexibility index (Phi) is 8.67. The number of aromatic nitrogens is 1. The van der Waals surface area contributed by atoms with Gasteiger partial charge in [-0.05, 0) is 22.9 Å². The van der Waals surface area contributed by atoms with Crippen LogP contribution in [0, 0.1) is 0 Å². The van der Waals surface area contributed by atoms with Crippen LogP contribution < -0.4 is 5.73 Å². The average Bonchev–Trinajstić information content (AvgIpc) is 2.20. The van der Waals surface area contributed by atoms with E-state index in [-0.39, 0.29) is 5.91 Å². The molecule has 0 saturated heterocycles. The number of rotatable bonds is 2. The van der Waals surface area contributed by atoms with E-state index in [0.717, 1.165) is 5.03 Å². The largest absolute Gasteiger partial charge is 0.369 e. The van der Waals surface area contributed by atoms with E-state index in [2.05, 4.69) is 22.4 Å². The Morgan fingerprint density at radius 2 is 2.31 bits per heavy atom. The fraction of sp³-hybridized carbons (Fsp3) is 0.143. The first-order chi connectivity index (χ1) is 6.20. The Balaban J connectivity index is 0.000000252. The molecule has 0 fully saturated rings. The van der Waals surface area contributed by atoms with Gasteiger partial charge in [-0.1, -0.05) is 28.7 Å². The van der Waals surface area contributed by atoms with Crippen LogP contribution in [0.1, 0.15) is 0 Å². The second-order valence-corrected chi connectivity index (χ2v) is 3.77. The van der Waals surface area contributed by atoms with Gasteiger partial charge in [0, 0.05) is 6.20 Å². The molecule has 72 valence electrons. The minimum atomic E-state index is -0.259. The van der Waals surface area contributed by atoms with Gasteiger partial charge < -0.3 is 5.73 Å². The van der Waals surface area contributed by atoms with Gasteiger partial charge in [-0.2, -0.15) is 0 Å². The summed E-state index contributed by atoms with van der Waals surface area (Å²) >= 11 is 5.87. The molecular formula is C7H9IN2OS2. The summed E-state index contributed by atoms with van der Waals surface area (Å²) in [7, 11) is 1.35. The monoisotopic (exact) mass is 328 g/mol. The predicted molar refractivity (Wildman–Crippen MR) is 67.2 cm³/mol. The lowest BCUT2D eigenvalue weighted by Gasteiger charge is -1.87. The zero-order chi connectivity index (χ0) is 10.1. The molecule has 0 aliphatic rings. The maximum atomic E-state index is 9.58. The van der Waals surface area contributed by atoms with E-state index < -0.39 is 0 Å². The number of hydrogen-bond acceptors (Lipinski definition) is 4. The number of thiol groups is 1. The zero-order valence-electron chi connectivity index (χ0n) is 6.68. The number of halogens is 1. The number of carbonyl (C=O) groups is 1. The second-order valence-electron chi connectivity index (χ2n) is 1.86. The number of alkyl halides is 1. The Morgan fingerprint density at radius 1 is 1.69 bits per heavy atom. The summed E-state index contributed by atoms with van der Waals surface area (Å²) in [5.74, 6) is -0.259. The molecule has 0 aliphatic carbocycles. The maximum absolute atomic E-state index is 9.58. The highest BCUT2D eigenvalue weighted by atomic mass is 127. The number of primary amides is 1. The lowest BCUT2D eigenvalue weighted by molar-refractivity contribution is -0.115. The number of pyridine rings is 1. The van der Waals surface area contributed by atoms with Crippen LogP contribution in [-0.2, 0) is 4.79 Å². The average molecular weight is 328 g/mol. The third-order valence-corrected chi connectivity index (χ3v) is 2.60. The van der Waals surface area contributed by atoms with Crippen molar-refractivity contribution in [2.45, 2.75) is 5.03 Å². The van der Waals surface area contributed by atoms with Crippen molar-refractivity contribution in [3.63, 3.8) is 0 Å². The third-order valence-electron chi connectivity index (χ3n) is 0.863. The molecule has 13 heavy (non-hydrogen) atoms. The summed E-state index contributed by atoms with van der Waals surface area (Å²) in [5, 5.41) is 0.941. The van der Waals surface area contributed by atoms with Crippen LogP contribution in [0.15, 0.2) is 29.4 Å². The number of nitrogens with two attached hydrogens (primary N) is 1. The number of nitrogens with zero attached hydrogens (tertiary/aromatic N) is 1. The molecule has 0 unspecified atom stereocenters. The summed E-state index contributed by atoms with van der Waals surface area (Å²) in [6.07, 6.45) is 1.75.